The van der Waals surface area contributed by atoms with Crippen molar-refractivity contribution in [2.45, 2.75) is 6.18 Å². The molecule has 0 aliphatic heterocycles. The van der Waals surface area contributed by atoms with Gasteiger partial charge in [0.25, 0.3) is 5.91 Å². The Kier molecular flexibility index (Phi) is 9.77. The van der Waals surface area contributed by atoms with E-state index in [0.717, 1.165) is 18.5 Å². The average molecular weight is 599 g/mol. The molecule has 0 fully saturated rings. The van der Waals surface area contributed by atoms with E-state index in [2.05, 4.69) is 14.7 Å². The number of alkyl halides is 3. The van der Waals surface area contributed by atoms with Crippen molar-refractivity contribution in [3.63, 3.8) is 0 Å². The summed E-state index contributed by atoms with van der Waals surface area (Å²) in [7, 11) is 0.884. The zero-order chi connectivity index (χ0) is 29.7. The smallest absolute Gasteiger partial charge is 0.433 e. The average Bonchev–Trinajstić information content (AvgIpc) is 2.89. The first kappa shape index (κ1) is 30.9. The molecule has 0 atom stereocenters. The number of amides is 1. The molecule has 0 unspecified atom stereocenters. The number of hydrogen-bond donors (Lipinski definition) is 1. The Hall–Kier alpha value is -3.68. The first-order valence-corrected chi connectivity index (χ1v) is 13.9. The second kappa shape index (κ2) is 12.7. The number of carbonyl (C=O) groups is 1. The summed E-state index contributed by atoms with van der Waals surface area (Å²) in [5.74, 6) is -0.110. The number of halogens is 4. The van der Waals surface area contributed by atoms with Crippen LogP contribution in [0.4, 0.5) is 18.9 Å². The molecule has 1 amide bonds. The molecule has 3 aromatic rings. The number of hydrogen-bond acceptors (Lipinski definition) is 7. The molecule has 0 radical (unpaired) electrons. The highest BCUT2D eigenvalue weighted by Crippen LogP contribution is 2.38. The zero-order valence-corrected chi connectivity index (χ0v) is 23.5. The van der Waals surface area contributed by atoms with Crippen LogP contribution in [0.15, 0.2) is 53.7 Å². The molecule has 0 bridgehead atoms. The van der Waals surface area contributed by atoms with Gasteiger partial charge in [-0.1, -0.05) is 23.7 Å². The summed E-state index contributed by atoms with van der Waals surface area (Å²) >= 11 is 6.54. The third-order valence-electron chi connectivity index (χ3n) is 5.56. The molecule has 14 heteroatoms. The first-order chi connectivity index (χ1) is 18.8. The maximum absolute atomic E-state index is 13.8. The van der Waals surface area contributed by atoms with Crippen molar-refractivity contribution < 1.29 is 35.9 Å². The van der Waals surface area contributed by atoms with Crippen molar-refractivity contribution in [2.24, 2.45) is 4.99 Å². The number of pyridine rings is 1. The number of para-hydroxylation sites is 2. The number of anilines is 1. The highest BCUT2D eigenvalue weighted by molar-refractivity contribution is 7.88. The van der Waals surface area contributed by atoms with Crippen LogP contribution >= 0.6 is 11.6 Å². The lowest BCUT2D eigenvalue weighted by Gasteiger charge is -2.22. The van der Waals surface area contributed by atoms with Crippen LogP contribution in [0.5, 0.6) is 11.5 Å². The van der Waals surface area contributed by atoms with E-state index in [4.69, 9.17) is 21.1 Å². The van der Waals surface area contributed by atoms with Crippen LogP contribution < -0.4 is 19.1 Å². The predicted octanol–water partition coefficient (Wildman–Crippen LogP) is 4.68. The summed E-state index contributed by atoms with van der Waals surface area (Å²) in [4.78, 5) is 22.5. The van der Waals surface area contributed by atoms with Crippen molar-refractivity contribution in [3.05, 3.63) is 70.5 Å². The molecule has 0 saturated carbocycles. The molecule has 1 aromatic heterocycles. The second-order valence-corrected chi connectivity index (χ2v) is 10.7. The van der Waals surface area contributed by atoms with Gasteiger partial charge in [-0.05, 0) is 24.3 Å². The molecular formula is C26H26ClF3N4O5S. The molecule has 0 aliphatic rings. The molecule has 1 heterocycles. The fourth-order valence-electron chi connectivity index (χ4n) is 3.73. The predicted molar refractivity (Wildman–Crippen MR) is 147 cm³/mol. The highest BCUT2D eigenvalue weighted by Gasteiger charge is 2.33. The number of rotatable bonds is 10. The minimum absolute atomic E-state index is 0.00597. The second-order valence-electron chi connectivity index (χ2n) is 8.42. The van der Waals surface area contributed by atoms with Gasteiger partial charge in [-0.15, -0.1) is 0 Å². The first-order valence-electron chi connectivity index (χ1n) is 11.6. The quantitative estimate of drug-likeness (QED) is 0.268. The van der Waals surface area contributed by atoms with E-state index in [1.165, 1.54) is 44.5 Å². The lowest BCUT2D eigenvalue weighted by molar-refractivity contribution is -0.141. The maximum atomic E-state index is 13.8. The van der Waals surface area contributed by atoms with Gasteiger partial charge in [0.1, 0.15) is 23.8 Å². The molecule has 1 N–H and O–H groups in total. The largest absolute Gasteiger partial charge is 0.495 e. The van der Waals surface area contributed by atoms with E-state index < -0.39 is 27.8 Å². The molecule has 3 rings (SSSR count). The number of ether oxygens (including phenoxy) is 2. The highest BCUT2D eigenvalue weighted by atomic mass is 35.5. The normalized spacial score (nSPS) is 12.0. The van der Waals surface area contributed by atoms with Crippen LogP contribution in [0.3, 0.4) is 0 Å². The van der Waals surface area contributed by atoms with E-state index in [9.17, 15) is 26.4 Å². The fraction of sp³-hybridized carbons (Fsp3) is 0.269. The van der Waals surface area contributed by atoms with Gasteiger partial charge in [-0.2, -0.15) is 13.2 Å². The summed E-state index contributed by atoms with van der Waals surface area (Å²) in [6.07, 6.45) is -1.46. The fourth-order valence-corrected chi connectivity index (χ4v) is 4.44. The molecule has 0 aliphatic carbocycles. The Morgan fingerprint density at radius 1 is 1.18 bits per heavy atom. The summed E-state index contributed by atoms with van der Waals surface area (Å²) in [6, 6.07) is 10.3. The van der Waals surface area contributed by atoms with Gasteiger partial charge in [0.15, 0.2) is 0 Å². The minimum atomic E-state index is -4.69. The summed E-state index contributed by atoms with van der Waals surface area (Å²) in [5.41, 5.74) is -0.196. The van der Waals surface area contributed by atoms with Gasteiger partial charge in [0.2, 0.25) is 10.0 Å². The molecule has 0 saturated heterocycles. The molecule has 9 nitrogen and oxygen atoms in total. The summed E-state index contributed by atoms with van der Waals surface area (Å²) in [6.45, 7) is -0.231. The Balaban J connectivity index is 2.15. The lowest BCUT2D eigenvalue weighted by Crippen LogP contribution is -2.29. The van der Waals surface area contributed by atoms with Gasteiger partial charge >= 0.3 is 6.18 Å². The van der Waals surface area contributed by atoms with Gasteiger partial charge < -0.3 is 14.4 Å². The Bertz CT molecular complexity index is 1530. The van der Waals surface area contributed by atoms with Crippen LogP contribution in [0, 0.1) is 0 Å². The molecule has 214 valence electrons. The van der Waals surface area contributed by atoms with E-state index in [0.29, 0.717) is 11.4 Å². The minimum Gasteiger partial charge on any atom is -0.495 e. The monoisotopic (exact) mass is 598 g/mol. The molecule has 0 spiro atoms. The van der Waals surface area contributed by atoms with Crippen molar-refractivity contribution in [2.75, 3.05) is 45.5 Å². The Morgan fingerprint density at radius 3 is 2.50 bits per heavy atom. The number of carbonyl (C=O) groups excluding carboxylic acids is 1. The van der Waals surface area contributed by atoms with E-state index in [1.54, 1.807) is 24.3 Å². The molecule has 40 heavy (non-hydrogen) atoms. The maximum Gasteiger partial charge on any atom is 0.433 e. The number of methoxy groups -OCH3 is 1. The number of benzene rings is 2. The van der Waals surface area contributed by atoms with Crippen molar-refractivity contribution in [3.8, 4) is 22.6 Å². The number of nitrogens with one attached hydrogen (secondary N) is 1. The van der Waals surface area contributed by atoms with E-state index >= 15 is 0 Å². The topological polar surface area (TPSA) is 110 Å². The number of sulfonamides is 1. The molecule has 2 aromatic carbocycles. The number of aromatic nitrogens is 1. The Labute approximate surface area is 234 Å². The van der Waals surface area contributed by atoms with Crippen LogP contribution in [0.1, 0.15) is 21.6 Å². The van der Waals surface area contributed by atoms with Gasteiger partial charge in [-0.3, -0.25) is 14.8 Å². The van der Waals surface area contributed by atoms with Crippen LogP contribution in [0.2, 0.25) is 5.02 Å². The van der Waals surface area contributed by atoms with E-state index in [1.807, 2.05) is 0 Å². The SMILES string of the molecule is CN=Cc1cc(C(F)(F)F)ncc1-c1cc(C(=O)N(C)c2ccccc2OC)c(OCCNS(C)(=O)=O)cc1Cl. The molecular weight excluding hydrogens is 573 g/mol. The van der Waals surface area contributed by atoms with Crippen LogP contribution in [-0.2, 0) is 16.2 Å². The van der Waals surface area contributed by atoms with Gasteiger partial charge in [0.05, 0.1) is 29.6 Å². The summed E-state index contributed by atoms with van der Waals surface area (Å²) < 4.78 is 76.2. The third kappa shape index (κ3) is 7.49. The van der Waals surface area contributed by atoms with Crippen LogP contribution in [-0.4, -0.2) is 66.1 Å². The van der Waals surface area contributed by atoms with Gasteiger partial charge in [0, 0.05) is 55.8 Å². The number of aliphatic imine (C=N–C) groups is 1. The zero-order valence-electron chi connectivity index (χ0n) is 21.9. The van der Waals surface area contributed by atoms with Crippen molar-refractivity contribution in [1.29, 1.82) is 0 Å². The lowest BCUT2D eigenvalue weighted by atomic mass is 9.98. The number of nitrogens with zero attached hydrogens (tertiary/aromatic N) is 3. The van der Waals surface area contributed by atoms with Crippen LogP contribution in [0.25, 0.3) is 11.1 Å². The third-order valence-corrected chi connectivity index (χ3v) is 6.60. The summed E-state index contributed by atoms with van der Waals surface area (Å²) in [5, 5.41) is 0.0508. The van der Waals surface area contributed by atoms with Crippen molar-refractivity contribution in [1.82, 2.24) is 9.71 Å². The Morgan fingerprint density at radius 2 is 1.88 bits per heavy atom. The van der Waals surface area contributed by atoms with Gasteiger partial charge in [-0.25, -0.2) is 13.1 Å². The standard InChI is InChI=1S/C26H26ClF3N4O5S/c1-31-14-16-11-24(26(28,29)30)32-15-19(16)17-12-18(23(13-20(17)27)39-10-9-33-40(4,36)37)25(35)34(2)21-7-5-6-8-22(21)38-3/h5-8,11-15,33H,9-10H2,1-4H3. The van der Waals surface area contributed by atoms with Crippen molar-refractivity contribution >= 4 is 39.4 Å². The van der Waals surface area contributed by atoms with E-state index in [-0.39, 0.29) is 46.2 Å².